The lowest BCUT2D eigenvalue weighted by Crippen LogP contribution is -2.37. The summed E-state index contributed by atoms with van der Waals surface area (Å²) in [6, 6.07) is 8.16. The van der Waals surface area contributed by atoms with Crippen LogP contribution in [0.5, 0.6) is 0 Å². The van der Waals surface area contributed by atoms with E-state index in [1.165, 1.54) is 17.2 Å². The van der Waals surface area contributed by atoms with E-state index < -0.39 is 0 Å². The second-order valence-electron chi connectivity index (χ2n) is 4.66. The number of carbonyl (C=O) groups is 2. The predicted molar refractivity (Wildman–Crippen MR) is 73.6 cm³/mol. The van der Waals surface area contributed by atoms with Crippen molar-refractivity contribution in [1.82, 2.24) is 10.6 Å². The molecule has 1 aliphatic rings. The van der Waals surface area contributed by atoms with Crippen LogP contribution in [0.15, 0.2) is 36.9 Å². The molecule has 0 saturated carbocycles. The molecular formula is C15H18N2O2. The van der Waals surface area contributed by atoms with Crippen LogP contribution in [0.4, 0.5) is 0 Å². The Balaban J connectivity index is 1.74. The molecule has 4 heteroatoms. The van der Waals surface area contributed by atoms with Crippen molar-refractivity contribution in [2.75, 3.05) is 13.1 Å². The highest BCUT2D eigenvalue weighted by Gasteiger charge is 2.26. The molecule has 0 bridgehead atoms. The maximum Gasteiger partial charge on any atom is 0.243 e. The summed E-state index contributed by atoms with van der Waals surface area (Å²) in [5.41, 5.74) is 2.53. The summed E-state index contributed by atoms with van der Waals surface area (Å²) in [7, 11) is 0. The second-order valence-corrected chi connectivity index (χ2v) is 4.66. The first-order valence-electron chi connectivity index (χ1n) is 6.45. The first-order chi connectivity index (χ1) is 9.20. The van der Waals surface area contributed by atoms with Gasteiger partial charge >= 0.3 is 0 Å². The van der Waals surface area contributed by atoms with E-state index in [4.69, 9.17) is 0 Å². The maximum atomic E-state index is 12.0. The van der Waals surface area contributed by atoms with Crippen molar-refractivity contribution in [3.8, 4) is 0 Å². The Morgan fingerprint density at radius 3 is 2.32 bits per heavy atom. The molecular weight excluding hydrogens is 240 g/mol. The molecule has 0 fully saturated rings. The van der Waals surface area contributed by atoms with Crippen molar-refractivity contribution in [3.63, 3.8) is 0 Å². The molecule has 0 heterocycles. The number of hydrogen-bond donors (Lipinski definition) is 2. The lowest BCUT2D eigenvalue weighted by atomic mass is 10.1. The first kappa shape index (κ1) is 13.3. The van der Waals surface area contributed by atoms with E-state index in [-0.39, 0.29) is 17.7 Å². The summed E-state index contributed by atoms with van der Waals surface area (Å²) in [5.74, 6) is -0.140. The van der Waals surface area contributed by atoms with E-state index >= 15 is 0 Å². The monoisotopic (exact) mass is 258 g/mol. The highest BCUT2D eigenvalue weighted by Crippen LogP contribution is 2.26. The van der Waals surface area contributed by atoms with Gasteiger partial charge in [-0.25, -0.2) is 0 Å². The molecule has 0 saturated heterocycles. The summed E-state index contributed by atoms with van der Waals surface area (Å²) in [6.07, 6.45) is 2.83. The van der Waals surface area contributed by atoms with E-state index in [2.05, 4.69) is 29.3 Å². The second kappa shape index (κ2) is 6.18. The summed E-state index contributed by atoms with van der Waals surface area (Å²) in [4.78, 5) is 22.9. The van der Waals surface area contributed by atoms with Crippen LogP contribution in [0.1, 0.15) is 11.1 Å². The summed E-state index contributed by atoms with van der Waals surface area (Å²) in [5, 5.41) is 5.47. The number of nitrogens with one attached hydrogen (secondary N) is 2. The van der Waals surface area contributed by atoms with Crippen LogP contribution < -0.4 is 10.6 Å². The van der Waals surface area contributed by atoms with Gasteiger partial charge in [-0.1, -0.05) is 30.8 Å². The van der Waals surface area contributed by atoms with Crippen molar-refractivity contribution < 1.29 is 9.59 Å². The minimum atomic E-state index is -0.220. The molecule has 1 aromatic carbocycles. The van der Waals surface area contributed by atoms with Gasteiger partial charge < -0.3 is 10.6 Å². The molecule has 19 heavy (non-hydrogen) atoms. The van der Waals surface area contributed by atoms with Crippen molar-refractivity contribution in [3.05, 3.63) is 48.0 Å². The van der Waals surface area contributed by atoms with Crippen LogP contribution in [-0.2, 0) is 22.4 Å². The van der Waals surface area contributed by atoms with Gasteiger partial charge in [0.15, 0.2) is 0 Å². The molecule has 2 N–H and O–H groups in total. The quantitative estimate of drug-likeness (QED) is 0.607. The van der Waals surface area contributed by atoms with Crippen LogP contribution in [0.2, 0.25) is 0 Å². The summed E-state index contributed by atoms with van der Waals surface area (Å²) in [6.45, 7) is 4.24. The number of benzene rings is 1. The smallest absolute Gasteiger partial charge is 0.243 e. The molecule has 0 aliphatic heterocycles. The van der Waals surface area contributed by atoms with E-state index in [0.717, 1.165) is 12.8 Å². The summed E-state index contributed by atoms with van der Waals surface area (Å²) >= 11 is 0. The zero-order chi connectivity index (χ0) is 13.7. The minimum absolute atomic E-state index is 0.0208. The van der Waals surface area contributed by atoms with Crippen LogP contribution >= 0.6 is 0 Å². The summed E-state index contributed by atoms with van der Waals surface area (Å²) < 4.78 is 0. The van der Waals surface area contributed by atoms with Gasteiger partial charge in [0.2, 0.25) is 11.8 Å². The molecule has 0 aromatic heterocycles. The third-order valence-electron chi connectivity index (χ3n) is 3.33. The van der Waals surface area contributed by atoms with Crippen molar-refractivity contribution in [1.29, 1.82) is 0 Å². The molecule has 0 atom stereocenters. The maximum absolute atomic E-state index is 12.0. The van der Waals surface area contributed by atoms with Crippen LogP contribution in [0, 0.1) is 5.92 Å². The Kier molecular flexibility index (Phi) is 4.34. The minimum Gasteiger partial charge on any atom is -0.354 e. The topological polar surface area (TPSA) is 58.2 Å². The van der Waals surface area contributed by atoms with Crippen LogP contribution in [-0.4, -0.2) is 24.9 Å². The number of carbonyl (C=O) groups excluding carboxylic acids is 2. The highest BCUT2D eigenvalue weighted by atomic mass is 16.2. The third-order valence-corrected chi connectivity index (χ3v) is 3.33. The lowest BCUT2D eigenvalue weighted by Gasteiger charge is -2.10. The van der Waals surface area contributed by atoms with Gasteiger partial charge in [0.25, 0.3) is 0 Å². The van der Waals surface area contributed by atoms with Gasteiger partial charge in [0.1, 0.15) is 0 Å². The van der Waals surface area contributed by atoms with Gasteiger partial charge in [-0.3, -0.25) is 9.59 Å². The SMILES string of the molecule is C=CC(=O)NCCNC(=O)C1Cc2ccccc2C1. The molecule has 1 aromatic rings. The molecule has 4 nitrogen and oxygen atoms in total. The Morgan fingerprint density at radius 1 is 1.16 bits per heavy atom. The molecule has 1 aliphatic carbocycles. The largest absolute Gasteiger partial charge is 0.354 e. The average Bonchev–Trinajstić information content (AvgIpc) is 2.87. The fourth-order valence-corrected chi connectivity index (χ4v) is 2.33. The van der Waals surface area contributed by atoms with Gasteiger partial charge in [-0.05, 0) is 30.0 Å². The predicted octanol–water partition coefficient (Wildman–Crippen LogP) is 0.820. The third kappa shape index (κ3) is 3.44. The van der Waals surface area contributed by atoms with Crippen molar-refractivity contribution >= 4 is 11.8 Å². The first-order valence-corrected chi connectivity index (χ1v) is 6.45. The van der Waals surface area contributed by atoms with Gasteiger partial charge in [0, 0.05) is 19.0 Å². The number of hydrogen-bond acceptors (Lipinski definition) is 2. The fourth-order valence-electron chi connectivity index (χ4n) is 2.33. The average molecular weight is 258 g/mol. The number of rotatable bonds is 5. The van der Waals surface area contributed by atoms with Crippen LogP contribution in [0.3, 0.4) is 0 Å². The highest BCUT2D eigenvalue weighted by molar-refractivity contribution is 5.86. The van der Waals surface area contributed by atoms with E-state index in [1.807, 2.05) is 12.1 Å². The Bertz CT molecular complexity index is 472. The van der Waals surface area contributed by atoms with E-state index in [9.17, 15) is 9.59 Å². The zero-order valence-corrected chi connectivity index (χ0v) is 10.8. The van der Waals surface area contributed by atoms with Crippen molar-refractivity contribution in [2.24, 2.45) is 5.92 Å². The zero-order valence-electron chi connectivity index (χ0n) is 10.8. The molecule has 100 valence electrons. The van der Waals surface area contributed by atoms with Gasteiger partial charge in [-0.2, -0.15) is 0 Å². The normalized spacial score (nSPS) is 13.7. The Morgan fingerprint density at radius 2 is 1.74 bits per heavy atom. The molecule has 0 unspecified atom stereocenters. The van der Waals surface area contributed by atoms with Crippen molar-refractivity contribution in [2.45, 2.75) is 12.8 Å². The van der Waals surface area contributed by atoms with Crippen LogP contribution in [0.25, 0.3) is 0 Å². The fraction of sp³-hybridized carbons (Fsp3) is 0.333. The standard InChI is InChI=1S/C15H18N2O2/c1-2-14(18)16-7-8-17-15(19)13-9-11-5-3-4-6-12(11)10-13/h2-6,13H,1,7-10H2,(H,16,18)(H,17,19). The molecule has 0 radical (unpaired) electrons. The van der Waals surface area contributed by atoms with Gasteiger partial charge in [-0.15, -0.1) is 0 Å². The van der Waals surface area contributed by atoms with Gasteiger partial charge in [0.05, 0.1) is 0 Å². The van der Waals surface area contributed by atoms with E-state index in [0.29, 0.717) is 13.1 Å². The molecule has 0 spiro atoms. The number of fused-ring (bicyclic) bond motifs is 1. The number of amides is 2. The lowest BCUT2D eigenvalue weighted by molar-refractivity contribution is -0.125. The Labute approximate surface area is 112 Å². The molecule has 2 amide bonds. The Hall–Kier alpha value is -2.10. The molecule has 2 rings (SSSR count). The van der Waals surface area contributed by atoms with E-state index in [1.54, 1.807) is 0 Å².